The van der Waals surface area contributed by atoms with Gasteiger partial charge >= 0.3 is 0 Å². The standard InChI is InChI=1S/C22H27BrN2O4/c1-15(2)12-21(26)25-10-8-17(9-11-25)24-22(27)20-7-6-19(29-20)14-28-18-5-3-4-16(23)13-18/h3-7,13,15,17H,8-12,14H2,1-2H3,(H,24,27). The summed E-state index contributed by atoms with van der Waals surface area (Å²) < 4.78 is 12.2. The second-order valence-electron chi connectivity index (χ2n) is 7.74. The number of benzene rings is 1. The first-order chi connectivity index (χ1) is 13.9. The molecule has 1 aromatic carbocycles. The van der Waals surface area contributed by atoms with E-state index in [2.05, 4.69) is 21.2 Å². The number of hydrogen-bond donors (Lipinski definition) is 1. The third-order valence-corrected chi connectivity index (χ3v) is 5.32. The zero-order chi connectivity index (χ0) is 20.8. The summed E-state index contributed by atoms with van der Waals surface area (Å²) in [7, 11) is 0. The van der Waals surface area contributed by atoms with Gasteiger partial charge in [0.25, 0.3) is 5.91 Å². The first-order valence-electron chi connectivity index (χ1n) is 9.96. The summed E-state index contributed by atoms with van der Waals surface area (Å²) in [6.07, 6.45) is 2.10. The van der Waals surface area contributed by atoms with Gasteiger partial charge in [-0.15, -0.1) is 0 Å². The molecule has 6 nitrogen and oxygen atoms in total. The van der Waals surface area contributed by atoms with Crippen LogP contribution in [-0.2, 0) is 11.4 Å². The Balaban J connectivity index is 1.45. The van der Waals surface area contributed by atoms with Crippen LogP contribution in [0.25, 0.3) is 0 Å². The number of carbonyl (C=O) groups excluding carboxylic acids is 2. The molecule has 0 bridgehead atoms. The van der Waals surface area contributed by atoms with Crippen molar-refractivity contribution in [2.24, 2.45) is 5.92 Å². The number of piperidine rings is 1. The van der Waals surface area contributed by atoms with Gasteiger partial charge in [0.1, 0.15) is 18.1 Å². The summed E-state index contributed by atoms with van der Waals surface area (Å²) in [5.41, 5.74) is 0. The quantitative estimate of drug-likeness (QED) is 0.662. The molecule has 2 heterocycles. The average molecular weight is 463 g/mol. The molecule has 7 heteroatoms. The monoisotopic (exact) mass is 462 g/mol. The Bertz CT molecular complexity index is 841. The van der Waals surface area contributed by atoms with Crippen LogP contribution in [-0.4, -0.2) is 35.8 Å². The zero-order valence-electron chi connectivity index (χ0n) is 16.8. The van der Waals surface area contributed by atoms with E-state index in [0.29, 0.717) is 31.2 Å². The van der Waals surface area contributed by atoms with Crippen LogP contribution in [0.2, 0.25) is 0 Å². The van der Waals surface area contributed by atoms with E-state index >= 15 is 0 Å². The highest BCUT2D eigenvalue weighted by Gasteiger charge is 2.25. The molecular weight excluding hydrogens is 436 g/mol. The number of hydrogen-bond acceptors (Lipinski definition) is 4. The molecule has 1 N–H and O–H groups in total. The highest BCUT2D eigenvalue weighted by atomic mass is 79.9. The van der Waals surface area contributed by atoms with Crippen molar-refractivity contribution < 1.29 is 18.7 Å². The van der Waals surface area contributed by atoms with Crippen LogP contribution < -0.4 is 10.1 Å². The fraction of sp³-hybridized carbons (Fsp3) is 0.455. The molecule has 1 aromatic heterocycles. The highest BCUT2D eigenvalue weighted by Crippen LogP contribution is 2.20. The summed E-state index contributed by atoms with van der Waals surface area (Å²) in [4.78, 5) is 26.5. The zero-order valence-corrected chi connectivity index (χ0v) is 18.4. The largest absolute Gasteiger partial charge is 0.486 e. The Labute approximate surface area is 179 Å². The first kappa shape index (κ1) is 21.4. The van der Waals surface area contributed by atoms with Gasteiger partial charge in [-0.1, -0.05) is 35.8 Å². The summed E-state index contributed by atoms with van der Waals surface area (Å²) in [6, 6.07) is 11.0. The lowest BCUT2D eigenvalue weighted by Gasteiger charge is -2.32. The second kappa shape index (κ2) is 9.96. The number of nitrogens with zero attached hydrogens (tertiary/aromatic N) is 1. The van der Waals surface area contributed by atoms with Crippen LogP contribution >= 0.6 is 15.9 Å². The van der Waals surface area contributed by atoms with Gasteiger partial charge in [-0.25, -0.2) is 0 Å². The van der Waals surface area contributed by atoms with Crippen molar-refractivity contribution in [3.05, 3.63) is 52.4 Å². The molecule has 0 saturated carbocycles. The van der Waals surface area contributed by atoms with Crippen molar-refractivity contribution in [2.45, 2.75) is 45.8 Å². The summed E-state index contributed by atoms with van der Waals surface area (Å²) >= 11 is 3.40. The van der Waals surface area contributed by atoms with E-state index in [1.807, 2.05) is 43.0 Å². The summed E-state index contributed by atoms with van der Waals surface area (Å²) in [6.45, 7) is 5.71. The Morgan fingerprint density at radius 3 is 2.69 bits per heavy atom. The van der Waals surface area contributed by atoms with Crippen LogP contribution in [0.4, 0.5) is 0 Å². The lowest BCUT2D eigenvalue weighted by atomic mass is 10.0. The van der Waals surface area contributed by atoms with Crippen LogP contribution in [0, 0.1) is 5.92 Å². The van der Waals surface area contributed by atoms with Gasteiger partial charge in [0.05, 0.1) is 0 Å². The minimum Gasteiger partial charge on any atom is -0.486 e. The average Bonchev–Trinajstić information content (AvgIpc) is 3.16. The van der Waals surface area contributed by atoms with E-state index in [0.717, 1.165) is 23.1 Å². The second-order valence-corrected chi connectivity index (χ2v) is 8.65. The molecule has 156 valence electrons. The molecule has 0 atom stereocenters. The van der Waals surface area contributed by atoms with E-state index < -0.39 is 0 Å². The fourth-order valence-corrected chi connectivity index (χ4v) is 3.68. The molecule has 29 heavy (non-hydrogen) atoms. The Hall–Kier alpha value is -2.28. The van der Waals surface area contributed by atoms with Crippen molar-refractivity contribution >= 4 is 27.7 Å². The van der Waals surface area contributed by atoms with Gasteiger partial charge in [0.2, 0.25) is 5.91 Å². The van der Waals surface area contributed by atoms with Gasteiger partial charge in [-0.2, -0.15) is 0 Å². The van der Waals surface area contributed by atoms with Gasteiger partial charge in [-0.3, -0.25) is 9.59 Å². The number of ether oxygens (including phenoxy) is 1. The van der Waals surface area contributed by atoms with Gasteiger partial charge in [0, 0.05) is 30.0 Å². The Morgan fingerprint density at radius 2 is 2.00 bits per heavy atom. The molecule has 2 aromatic rings. The van der Waals surface area contributed by atoms with Gasteiger partial charge in [-0.05, 0) is 49.1 Å². The molecular formula is C22H27BrN2O4. The normalized spacial score (nSPS) is 14.8. The molecule has 1 saturated heterocycles. The number of halogens is 1. The van der Waals surface area contributed by atoms with Gasteiger partial charge in [0.15, 0.2) is 5.76 Å². The van der Waals surface area contributed by atoms with Gasteiger partial charge < -0.3 is 19.4 Å². The van der Waals surface area contributed by atoms with Crippen molar-refractivity contribution in [1.29, 1.82) is 0 Å². The predicted molar refractivity (Wildman–Crippen MR) is 114 cm³/mol. The first-order valence-corrected chi connectivity index (χ1v) is 10.8. The highest BCUT2D eigenvalue weighted by molar-refractivity contribution is 9.10. The maximum absolute atomic E-state index is 12.5. The lowest BCUT2D eigenvalue weighted by molar-refractivity contribution is -0.133. The molecule has 0 radical (unpaired) electrons. The summed E-state index contributed by atoms with van der Waals surface area (Å²) in [5.74, 6) is 1.91. The molecule has 3 rings (SSSR count). The van der Waals surface area contributed by atoms with Crippen molar-refractivity contribution in [3.63, 3.8) is 0 Å². The Morgan fingerprint density at radius 1 is 1.24 bits per heavy atom. The number of furan rings is 1. The van der Waals surface area contributed by atoms with E-state index in [9.17, 15) is 9.59 Å². The fourth-order valence-electron chi connectivity index (χ4n) is 3.30. The third-order valence-electron chi connectivity index (χ3n) is 4.83. The topological polar surface area (TPSA) is 71.8 Å². The number of likely N-dealkylation sites (tertiary alicyclic amines) is 1. The number of carbonyl (C=O) groups is 2. The SMILES string of the molecule is CC(C)CC(=O)N1CCC(NC(=O)c2ccc(COc3cccc(Br)c3)o2)CC1. The molecule has 2 amide bonds. The van der Waals surface area contributed by atoms with Crippen molar-refractivity contribution in [1.82, 2.24) is 10.2 Å². The summed E-state index contributed by atoms with van der Waals surface area (Å²) in [5, 5.41) is 3.01. The van der Waals surface area contributed by atoms with Crippen LogP contribution in [0.5, 0.6) is 5.75 Å². The molecule has 1 aliphatic rings. The van der Waals surface area contributed by atoms with E-state index in [-0.39, 0.29) is 30.2 Å². The van der Waals surface area contributed by atoms with E-state index in [1.165, 1.54) is 0 Å². The Kier molecular flexibility index (Phi) is 7.36. The molecule has 1 fully saturated rings. The number of rotatable bonds is 7. The van der Waals surface area contributed by atoms with E-state index in [4.69, 9.17) is 9.15 Å². The molecule has 0 spiro atoms. The molecule has 1 aliphatic heterocycles. The van der Waals surface area contributed by atoms with Crippen molar-refractivity contribution in [3.8, 4) is 5.75 Å². The number of amides is 2. The van der Waals surface area contributed by atoms with Crippen molar-refractivity contribution in [2.75, 3.05) is 13.1 Å². The molecule has 0 aliphatic carbocycles. The minimum atomic E-state index is -0.231. The van der Waals surface area contributed by atoms with Crippen LogP contribution in [0.3, 0.4) is 0 Å². The predicted octanol–water partition coefficient (Wildman–Crippen LogP) is 4.39. The van der Waals surface area contributed by atoms with Crippen LogP contribution in [0.1, 0.15) is 49.4 Å². The molecule has 0 unspecified atom stereocenters. The van der Waals surface area contributed by atoms with Crippen LogP contribution in [0.15, 0.2) is 45.3 Å². The lowest BCUT2D eigenvalue weighted by Crippen LogP contribution is -2.46. The smallest absolute Gasteiger partial charge is 0.287 e. The number of nitrogens with one attached hydrogen (secondary N) is 1. The third kappa shape index (κ3) is 6.35. The minimum absolute atomic E-state index is 0.0528. The maximum Gasteiger partial charge on any atom is 0.287 e. The van der Waals surface area contributed by atoms with E-state index in [1.54, 1.807) is 12.1 Å². The maximum atomic E-state index is 12.5.